The smallest absolute Gasteiger partial charge is 0.407 e. The van der Waals surface area contributed by atoms with Gasteiger partial charge in [-0.3, -0.25) is 0 Å². The molecule has 0 aromatic heterocycles. The Morgan fingerprint density at radius 3 is 2.45 bits per heavy atom. The van der Waals surface area contributed by atoms with E-state index >= 15 is 0 Å². The summed E-state index contributed by atoms with van der Waals surface area (Å²) >= 11 is 0. The standard InChI is InChI=1S/C17H26FNO3/c1-11(2)14-9-13(18)7-8-15(14)21-12(3)10-19-16(20)22-17(4,5)6/h7-9,11-12H,10H2,1-6H3,(H,19,20). The number of nitrogens with one attached hydrogen (secondary N) is 1. The number of hydrogen-bond donors (Lipinski definition) is 1. The molecule has 22 heavy (non-hydrogen) atoms. The largest absolute Gasteiger partial charge is 0.489 e. The van der Waals surface area contributed by atoms with E-state index in [9.17, 15) is 9.18 Å². The van der Waals surface area contributed by atoms with Gasteiger partial charge < -0.3 is 14.8 Å². The number of carbonyl (C=O) groups is 1. The molecule has 0 saturated carbocycles. The van der Waals surface area contributed by atoms with Crippen LogP contribution < -0.4 is 10.1 Å². The molecule has 1 aromatic carbocycles. The zero-order valence-corrected chi connectivity index (χ0v) is 14.2. The lowest BCUT2D eigenvalue weighted by Gasteiger charge is -2.22. The molecule has 0 spiro atoms. The number of benzene rings is 1. The van der Waals surface area contributed by atoms with Gasteiger partial charge in [0.1, 0.15) is 23.3 Å². The fourth-order valence-electron chi connectivity index (χ4n) is 1.88. The first-order valence-electron chi connectivity index (χ1n) is 7.51. The van der Waals surface area contributed by atoms with Crippen molar-refractivity contribution in [1.82, 2.24) is 5.32 Å². The Labute approximate surface area is 132 Å². The van der Waals surface area contributed by atoms with Crippen LogP contribution in [0.3, 0.4) is 0 Å². The van der Waals surface area contributed by atoms with Crippen molar-refractivity contribution < 1.29 is 18.7 Å². The van der Waals surface area contributed by atoms with Gasteiger partial charge in [-0.2, -0.15) is 0 Å². The summed E-state index contributed by atoms with van der Waals surface area (Å²) in [6, 6.07) is 4.47. The Balaban J connectivity index is 2.59. The van der Waals surface area contributed by atoms with Gasteiger partial charge in [0.25, 0.3) is 0 Å². The lowest BCUT2D eigenvalue weighted by molar-refractivity contribution is 0.0505. The number of rotatable bonds is 5. The third-order valence-corrected chi connectivity index (χ3v) is 2.85. The molecule has 1 unspecified atom stereocenters. The highest BCUT2D eigenvalue weighted by molar-refractivity contribution is 5.67. The summed E-state index contributed by atoms with van der Waals surface area (Å²) in [5.41, 5.74) is 0.278. The van der Waals surface area contributed by atoms with Gasteiger partial charge in [0.05, 0.1) is 6.54 Å². The topological polar surface area (TPSA) is 47.6 Å². The minimum absolute atomic E-state index is 0.150. The maximum Gasteiger partial charge on any atom is 0.407 e. The van der Waals surface area contributed by atoms with Crippen molar-refractivity contribution in [2.75, 3.05) is 6.54 Å². The van der Waals surface area contributed by atoms with Gasteiger partial charge in [-0.05, 0) is 57.4 Å². The van der Waals surface area contributed by atoms with Crippen molar-refractivity contribution in [2.24, 2.45) is 0 Å². The number of ether oxygens (including phenoxy) is 2. The molecule has 0 aliphatic heterocycles. The van der Waals surface area contributed by atoms with Crippen LogP contribution in [0.15, 0.2) is 18.2 Å². The lowest BCUT2D eigenvalue weighted by Crippen LogP contribution is -2.37. The summed E-state index contributed by atoms with van der Waals surface area (Å²) in [5, 5.41) is 2.66. The molecule has 0 heterocycles. The molecule has 0 fully saturated rings. The van der Waals surface area contributed by atoms with Gasteiger partial charge in [-0.15, -0.1) is 0 Å². The number of halogens is 1. The van der Waals surface area contributed by atoms with Crippen molar-refractivity contribution in [2.45, 2.75) is 59.2 Å². The van der Waals surface area contributed by atoms with Gasteiger partial charge in [0, 0.05) is 0 Å². The second-order valence-corrected chi connectivity index (χ2v) is 6.65. The van der Waals surface area contributed by atoms with Crippen molar-refractivity contribution in [3.8, 4) is 5.75 Å². The minimum atomic E-state index is -0.532. The second kappa shape index (κ2) is 7.47. The van der Waals surface area contributed by atoms with Crippen LogP contribution in [0.1, 0.15) is 53.0 Å². The van der Waals surface area contributed by atoms with Crippen molar-refractivity contribution in [3.05, 3.63) is 29.6 Å². The van der Waals surface area contributed by atoms with E-state index in [4.69, 9.17) is 9.47 Å². The predicted molar refractivity (Wildman–Crippen MR) is 84.8 cm³/mol. The fourth-order valence-corrected chi connectivity index (χ4v) is 1.88. The molecule has 0 saturated heterocycles. The first-order valence-corrected chi connectivity index (χ1v) is 7.51. The van der Waals surface area contributed by atoms with Gasteiger partial charge in [-0.1, -0.05) is 13.8 Å². The minimum Gasteiger partial charge on any atom is -0.489 e. The van der Waals surface area contributed by atoms with Crippen molar-refractivity contribution in [1.29, 1.82) is 0 Å². The van der Waals surface area contributed by atoms with Crippen molar-refractivity contribution in [3.63, 3.8) is 0 Å². The molecule has 1 amide bonds. The predicted octanol–water partition coefficient (Wildman–Crippen LogP) is 4.24. The Kier molecular flexibility index (Phi) is 6.21. The van der Waals surface area contributed by atoms with E-state index < -0.39 is 11.7 Å². The Morgan fingerprint density at radius 2 is 1.91 bits per heavy atom. The molecule has 1 N–H and O–H groups in total. The van der Waals surface area contributed by atoms with Crippen LogP contribution in [-0.4, -0.2) is 24.3 Å². The maximum atomic E-state index is 13.3. The normalized spacial score (nSPS) is 12.9. The maximum absolute atomic E-state index is 13.3. The molecule has 124 valence electrons. The molecule has 1 atom stereocenters. The van der Waals surface area contributed by atoms with Crippen LogP contribution >= 0.6 is 0 Å². The summed E-state index contributed by atoms with van der Waals surface area (Å²) in [6.45, 7) is 11.5. The number of amides is 1. The van der Waals surface area contributed by atoms with Gasteiger partial charge in [0.2, 0.25) is 0 Å². The summed E-state index contributed by atoms with van der Waals surface area (Å²) in [6.07, 6.45) is -0.735. The van der Waals surface area contributed by atoms with Gasteiger partial charge >= 0.3 is 6.09 Å². The molecule has 1 aromatic rings. The first kappa shape index (κ1) is 18.3. The van der Waals surface area contributed by atoms with Crippen LogP contribution in [0, 0.1) is 5.82 Å². The molecule has 4 nitrogen and oxygen atoms in total. The van der Waals surface area contributed by atoms with Gasteiger partial charge in [0.15, 0.2) is 0 Å². The molecule has 1 rings (SSSR count). The highest BCUT2D eigenvalue weighted by Crippen LogP contribution is 2.27. The summed E-state index contributed by atoms with van der Waals surface area (Å²) in [4.78, 5) is 11.6. The van der Waals surface area contributed by atoms with E-state index in [0.29, 0.717) is 12.3 Å². The quantitative estimate of drug-likeness (QED) is 0.884. The van der Waals surface area contributed by atoms with Crippen LogP contribution in [0.5, 0.6) is 5.75 Å². The Hall–Kier alpha value is -1.78. The van der Waals surface area contributed by atoms with E-state index in [0.717, 1.165) is 5.56 Å². The number of carbonyl (C=O) groups excluding carboxylic acids is 1. The fraction of sp³-hybridized carbons (Fsp3) is 0.588. The summed E-state index contributed by atoms with van der Waals surface area (Å²) in [5.74, 6) is 0.502. The highest BCUT2D eigenvalue weighted by Gasteiger charge is 2.17. The third-order valence-electron chi connectivity index (χ3n) is 2.85. The van der Waals surface area contributed by atoms with Crippen molar-refractivity contribution >= 4 is 6.09 Å². The van der Waals surface area contributed by atoms with Crippen LogP contribution in [-0.2, 0) is 4.74 Å². The molecule has 0 radical (unpaired) electrons. The second-order valence-electron chi connectivity index (χ2n) is 6.65. The number of hydrogen-bond acceptors (Lipinski definition) is 3. The molecule has 5 heteroatoms. The summed E-state index contributed by atoms with van der Waals surface area (Å²) in [7, 11) is 0. The molecule has 0 aliphatic carbocycles. The van der Waals surface area contributed by atoms with E-state index in [1.165, 1.54) is 12.1 Å². The average Bonchev–Trinajstić information content (AvgIpc) is 2.36. The number of alkyl carbamates (subject to hydrolysis) is 1. The first-order chi connectivity index (χ1) is 10.1. The molecular weight excluding hydrogens is 285 g/mol. The zero-order chi connectivity index (χ0) is 16.9. The molecule has 0 bridgehead atoms. The average molecular weight is 311 g/mol. The van der Waals surface area contributed by atoms with E-state index in [2.05, 4.69) is 5.32 Å². The Morgan fingerprint density at radius 1 is 1.27 bits per heavy atom. The van der Waals surface area contributed by atoms with Crippen LogP contribution in [0.25, 0.3) is 0 Å². The molecule has 0 aliphatic rings. The lowest BCUT2D eigenvalue weighted by atomic mass is 10.0. The van der Waals surface area contributed by atoms with Crippen LogP contribution in [0.2, 0.25) is 0 Å². The van der Waals surface area contributed by atoms with E-state index in [1.807, 2.05) is 20.8 Å². The SMILES string of the molecule is CC(CNC(=O)OC(C)(C)C)Oc1ccc(F)cc1C(C)C. The third kappa shape index (κ3) is 6.33. The zero-order valence-electron chi connectivity index (χ0n) is 14.2. The Bertz CT molecular complexity index is 509. The monoisotopic (exact) mass is 311 g/mol. The van der Waals surface area contributed by atoms with Crippen LogP contribution in [0.4, 0.5) is 9.18 Å². The summed E-state index contributed by atoms with van der Waals surface area (Å²) < 4.78 is 24.3. The van der Waals surface area contributed by atoms with E-state index in [-0.39, 0.29) is 17.8 Å². The van der Waals surface area contributed by atoms with E-state index in [1.54, 1.807) is 26.8 Å². The van der Waals surface area contributed by atoms with Gasteiger partial charge in [-0.25, -0.2) is 9.18 Å². The molecular formula is C17H26FNO3. The highest BCUT2D eigenvalue weighted by atomic mass is 19.1.